The average molecular weight is 382 g/mol. The molecule has 0 aromatic heterocycles. The van der Waals surface area contributed by atoms with Crippen LogP contribution < -0.4 is 9.46 Å². The van der Waals surface area contributed by atoms with Gasteiger partial charge in [-0.25, -0.2) is 13.1 Å². The van der Waals surface area contributed by atoms with Gasteiger partial charge in [-0.1, -0.05) is 36.6 Å². The van der Waals surface area contributed by atoms with Crippen LogP contribution in [-0.2, 0) is 10.0 Å². The lowest BCUT2D eigenvalue weighted by molar-refractivity contribution is 0.446. The van der Waals surface area contributed by atoms with Crippen LogP contribution in [0.25, 0.3) is 0 Å². The normalized spacial score (nSPS) is 15.4. The van der Waals surface area contributed by atoms with E-state index in [2.05, 4.69) is 4.72 Å². The lowest BCUT2D eigenvalue weighted by Gasteiger charge is -2.15. The Labute approximate surface area is 152 Å². The Balaban J connectivity index is 1.90. The summed E-state index contributed by atoms with van der Waals surface area (Å²) >= 11 is 6.15. The number of phenolic OH excluding ortho intramolecular Hbond substituents is 1. The minimum absolute atomic E-state index is 0.0835. The summed E-state index contributed by atoms with van der Waals surface area (Å²) in [5.41, 5.74) is 0.828. The Hall–Kier alpha value is -1.76. The van der Waals surface area contributed by atoms with Crippen LogP contribution in [0.15, 0.2) is 41.3 Å². The van der Waals surface area contributed by atoms with E-state index in [-0.39, 0.29) is 16.7 Å². The fourth-order valence-electron chi connectivity index (χ4n) is 2.96. The number of para-hydroxylation sites is 1. The fourth-order valence-corrected chi connectivity index (χ4v) is 4.64. The maximum Gasteiger partial charge on any atom is 0.244 e. The number of aromatic hydroxyl groups is 1. The number of rotatable bonds is 5. The molecule has 1 saturated carbocycles. The van der Waals surface area contributed by atoms with E-state index in [0.717, 1.165) is 31.2 Å². The summed E-state index contributed by atoms with van der Waals surface area (Å²) in [5, 5.41) is 10.5. The number of hydrogen-bond donors (Lipinski definition) is 2. The Morgan fingerprint density at radius 1 is 1.20 bits per heavy atom. The molecule has 1 fully saturated rings. The van der Waals surface area contributed by atoms with E-state index in [0.29, 0.717) is 16.5 Å². The van der Waals surface area contributed by atoms with Crippen molar-refractivity contribution < 1.29 is 18.3 Å². The molecular weight excluding hydrogens is 362 g/mol. The van der Waals surface area contributed by atoms with Gasteiger partial charge in [0.15, 0.2) is 0 Å². The predicted molar refractivity (Wildman–Crippen MR) is 96.9 cm³/mol. The summed E-state index contributed by atoms with van der Waals surface area (Å²) in [4.78, 5) is -0.193. The lowest BCUT2D eigenvalue weighted by Crippen LogP contribution is -2.32. The molecule has 2 N–H and O–H groups in total. The maximum absolute atomic E-state index is 12.6. The molecule has 1 aliphatic carbocycles. The summed E-state index contributed by atoms with van der Waals surface area (Å²) in [7, 11) is -3.82. The average Bonchev–Trinajstić information content (AvgIpc) is 3.04. The Bertz CT molecular complexity index is 856. The van der Waals surface area contributed by atoms with Gasteiger partial charge < -0.3 is 9.84 Å². The van der Waals surface area contributed by atoms with Gasteiger partial charge in [0.25, 0.3) is 0 Å². The third-order valence-corrected chi connectivity index (χ3v) is 6.13. The van der Waals surface area contributed by atoms with Gasteiger partial charge in [0.2, 0.25) is 10.0 Å². The van der Waals surface area contributed by atoms with E-state index < -0.39 is 10.0 Å². The molecule has 25 heavy (non-hydrogen) atoms. The van der Waals surface area contributed by atoms with Crippen molar-refractivity contribution in [2.45, 2.75) is 43.5 Å². The molecule has 3 rings (SSSR count). The Kier molecular flexibility index (Phi) is 5.22. The van der Waals surface area contributed by atoms with Crippen molar-refractivity contribution in [3.63, 3.8) is 0 Å². The molecule has 0 heterocycles. The van der Waals surface area contributed by atoms with Gasteiger partial charge in [-0.2, -0.15) is 0 Å². The Morgan fingerprint density at radius 3 is 2.60 bits per heavy atom. The molecule has 1 aliphatic rings. The SMILES string of the molecule is Cc1cccc(Cl)c1Oc1ccc(O)c(S(=O)(=O)NC2CCCC2)c1. The molecular formula is C18H20ClNO4S. The predicted octanol–water partition coefficient (Wildman–Crippen LogP) is 4.37. The van der Waals surface area contributed by atoms with E-state index in [9.17, 15) is 13.5 Å². The first-order valence-electron chi connectivity index (χ1n) is 8.15. The van der Waals surface area contributed by atoms with Crippen LogP contribution in [0, 0.1) is 6.92 Å². The number of halogens is 1. The minimum Gasteiger partial charge on any atom is -0.507 e. The fraction of sp³-hybridized carbons (Fsp3) is 0.333. The first kappa shape index (κ1) is 18.0. The zero-order chi connectivity index (χ0) is 18.0. The summed E-state index contributed by atoms with van der Waals surface area (Å²) in [6.07, 6.45) is 3.65. The molecule has 2 aromatic rings. The highest BCUT2D eigenvalue weighted by atomic mass is 35.5. The topological polar surface area (TPSA) is 75.6 Å². The second-order valence-corrected chi connectivity index (χ2v) is 8.31. The molecule has 5 nitrogen and oxygen atoms in total. The van der Waals surface area contributed by atoms with Crippen molar-refractivity contribution in [2.24, 2.45) is 0 Å². The van der Waals surface area contributed by atoms with E-state index >= 15 is 0 Å². The highest BCUT2D eigenvalue weighted by molar-refractivity contribution is 7.89. The number of benzene rings is 2. The number of hydrogen-bond acceptors (Lipinski definition) is 4. The van der Waals surface area contributed by atoms with Crippen LogP contribution in [0.1, 0.15) is 31.2 Å². The summed E-state index contributed by atoms with van der Waals surface area (Å²) in [6, 6.07) is 9.40. The molecule has 0 unspecified atom stereocenters. The van der Waals surface area contributed by atoms with Crippen LogP contribution in [0.3, 0.4) is 0 Å². The van der Waals surface area contributed by atoms with Crippen LogP contribution in [0.4, 0.5) is 0 Å². The second-order valence-electron chi connectivity index (χ2n) is 6.22. The van der Waals surface area contributed by atoms with Crippen molar-refractivity contribution >= 4 is 21.6 Å². The zero-order valence-corrected chi connectivity index (χ0v) is 15.4. The molecule has 0 radical (unpaired) electrons. The molecule has 0 bridgehead atoms. The number of sulfonamides is 1. The quantitative estimate of drug-likeness (QED) is 0.806. The first-order chi connectivity index (χ1) is 11.9. The molecule has 0 aliphatic heterocycles. The smallest absolute Gasteiger partial charge is 0.244 e. The summed E-state index contributed by atoms with van der Waals surface area (Å²) in [6.45, 7) is 1.85. The zero-order valence-electron chi connectivity index (χ0n) is 13.8. The van der Waals surface area contributed by atoms with E-state index in [1.165, 1.54) is 18.2 Å². The molecule has 0 atom stereocenters. The minimum atomic E-state index is -3.82. The lowest BCUT2D eigenvalue weighted by atomic mass is 10.2. The van der Waals surface area contributed by atoms with Crippen LogP contribution in [-0.4, -0.2) is 19.6 Å². The maximum atomic E-state index is 12.6. The highest BCUT2D eigenvalue weighted by Crippen LogP contribution is 2.35. The highest BCUT2D eigenvalue weighted by Gasteiger charge is 2.25. The van der Waals surface area contributed by atoms with E-state index in [1.54, 1.807) is 6.07 Å². The number of aryl methyl sites for hydroxylation is 1. The van der Waals surface area contributed by atoms with Crippen molar-refractivity contribution in [3.05, 3.63) is 47.0 Å². The van der Waals surface area contributed by atoms with Crippen LogP contribution in [0.2, 0.25) is 5.02 Å². The second kappa shape index (κ2) is 7.23. The molecule has 0 amide bonds. The van der Waals surface area contributed by atoms with Crippen molar-refractivity contribution in [3.8, 4) is 17.2 Å². The third kappa shape index (κ3) is 4.08. The van der Waals surface area contributed by atoms with Crippen molar-refractivity contribution in [2.75, 3.05) is 0 Å². The molecule has 0 saturated heterocycles. The van der Waals surface area contributed by atoms with Gasteiger partial charge in [0.05, 0.1) is 5.02 Å². The monoisotopic (exact) mass is 381 g/mol. The summed E-state index contributed by atoms with van der Waals surface area (Å²) in [5.74, 6) is 0.441. The standard InChI is InChI=1S/C18H20ClNO4S/c1-12-5-4-8-15(19)18(12)24-14-9-10-16(21)17(11-14)25(22,23)20-13-6-2-3-7-13/h4-5,8-11,13,20-21H,2-3,6-7H2,1H3. The van der Waals surface area contributed by atoms with Gasteiger partial charge in [-0.15, -0.1) is 0 Å². The summed E-state index contributed by atoms with van der Waals surface area (Å²) < 4.78 is 33.6. The molecule has 134 valence electrons. The number of phenols is 1. The molecule has 2 aromatic carbocycles. The third-order valence-electron chi connectivity index (χ3n) is 4.28. The van der Waals surface area contributed by atoms with Gasteiger partial charge in [-0.05, 0) is 43.5 Å². The van der Waals surface area contributed by atoms with Crippen molar-refractivity contribution in [1.29, 1.82) is 0 Å². The Morgan fingerprint density at radius 2 is 1.92 bits per heavy atom. The van der Waals surface area contributed by atoms with E-state index in [4.69, 9.17) is 16.3 Å². The van der Waals surface area contributed by atoms with E-state index in [1.807, 2.05) is 19.1 Å². The molecule has 0 spiro atoms. The van der Waals surface area contributed by atoms with Gasteiger partial charge >= 0.3 is 0 Å². The van der Waals surface area contributed by atoms with Gasteiger partial charge in [-0.3, -0.25) is 0 Å². The molecule has 7 heteroatoms. The number of nitrogens with one attached hydrogen (secondary N) is 1. The van der Waals surface area contributed by atoms with Crippen molar-refractivity contribution in [1.82, 2.24) is 4.72 Å². The first-order valence-corrected chi connectivity index (χ1v) is 10.0. The van der Waals surface area contributed by atoms with Gasteiger partial charge in [0, 0.05) is 12.1 Å². The van der Waals surface area contributed by atoms with Crippen LogP contribution in [0.5, 0.6) is 17.2 Å². The van der Waals surface area contributed by atoms with Gasteiger partial charge in [0.1, 0.15) is 22.1 Å². The number of ether oxygens (including phenoxy) is 1. The van der Waals surface area contributed by atoms with Crippen LogP contribution >= 0.6 is 11.6 Å². The largest absolute Gasteiger partial charge is 0.507 e.